The number of nitriles is 1. The average molecular weight is 171 g/mol. The van der Waals surface area contributed by atoms with Crippen molar-refractivity contribution in [3.8, 4) is 11.8 Å². The van der Waals surface area contributed by atoms with Crippen LogP contribution < -0.4 is 4.74 Å². The maximum atomic E-state index is 8.77. The first kappa shape index (κ1) is 7.88. The van der Waals surface area contributed by atoms with Gasteiger partial charge in [0.15, 0.2) is 0 Å². The van der Waals surface area contributed by atoms with E-state index in [4.69, 9.17) is 10.00 Å². The summed E-state index contributed by atoms with van der Waals surface area (Å²) in [7, 11) is 0. The van der Waals surface area contributed by atoms with Crippen LogP contribution in [-0.4, -0.2) is 6.10 Å². The van der Waals surface area contributed by atoms with E-state index < -0.39 is 6.10 Å². The van der Waals surface area contributed by atoms with E-state index in [9.17, 15) is 0 Å². The highest BCUT2D eigenvalue weighted by molar-refractivity contribution is 5.63. The lowest BCUT2D eigenvalue weighted by atomic mass is 10.0. The molecule has 0 spiro atoms. The molecule has 0 saturated carbocycles. The molecule has 1 aromatic rings. The summed E-state index contributed by atoms with van der Waals surface area (Å²) in [6.45, 7) is 1.91. The summed E-state index contributed by atoms with van der Waals surface area (Å²) >= 11 is 0. The molecule has 0 amide bonds. The summed E-state index contributed by atoms with van der Waals surface area (Å²) in [4.78, 5) is 0. The molecule has 0 aliphatic carbocycles. The fraction of sp³-hybridized carbons (Fsp3) is 0.182. The van der Waals surface area contributed by atoms with Gasteiger partial charge in [0.2, 0.25) is 6.10 Å². The van der Waals surface area contributed by atoms with Gasteiger partial charge in [0.25, 0.3) is 0 Å². The zero-order valence-electron chi connectivity index (χ0n) is 7.32. The Bertz CT molecular complexity index is 401. The Kier molecular flexibility index (Phi) is 1.79. The van der Waals surface area contributed by atoms with Crippen molar-refractivity contribution in [2.75, 3.05) is 0 Å². The standard InChI is InChI=1S/C11H9NO/c1-8-6-9-4-2-3-5-10(9)13-11(8)7-12/h2-6,11H,1H3. The zero-order valence-corrected chi connectivity index (χ0v) is 7.32. The highest BCUT2D eigenvalue weighted by Gasteiger charge is 2.17. The molecule has 1 aliphatic heterocycles. The van der Waals surface area contributed by atoms with E-state index in [1.807, 2.05) is 37.3 Å². The first-order chi connectivity index (χ1) is 6.31. The molecule has 1 aromatic carbocycles. The van der Waals surface area contributed by atoms with Gasteiger partial charge in [0, 0.05) is 5.56 Å². The molecule has 2 nitrogen and oxygen atoms in total. The Morgan fingerprint density at radius 3 is 2.92 bits per heavy atom. The van der Waals surface area contributed by atoms with E-state index in [1.165, 1.54) is 0 Å². The summed E-state index contributed by atoms with van der Waals surface area (Å²) in [5, 5.41) is 8.77. The van der Waals surface area contributed by atoms with Gasteiger partial charge in [-0.05, 0) is 24.6 Å². The summed E-state index contributed by atoms with van der Waals surface area (Å²) in [5.74, 6) is 0.791. The van der Waals surface area contributed by atoms with Crippen molar-refractivity contribution in [3.63, 3.8) is 0 Å². The van der Waals surface area contributed by atoms with Crippen LogP contribution in [0.15, 0.2) is 29.8 Å². The van der Waals surface area contributed by atoms with Gasteiger partial charge in [0.05, 0.1) is 0 Å². The number of hydrogen-bond acceptors (Lipinski definition) is 2. The van der Waals surface area contributed by atoms with Crippen LogP contribution in [0, 0.1) is 11.3 Å². The fourth-order valence-electron chi connectivity index (χ4n) is 1.38. The lowest BCUT2D eigenvalue weighted by Gasteiger charge is -2.19. The van der Waals surface area contributed by atoms with Crippen molar-refractivity contribution in [1.82, 2.24) is 0 Å². The summed E-state index contributed by atoms with van der Waals surface area (Å²) in [5.41, 5.74) is 2.01. The van der Waals surface area contributed by atoms with E-state index in [2.05, 4.69) is 6.07 Å². The van der Waals surface area contributed by atoms with Gasteiger partial charge >= 0.3 is 0 Å². The van der Waals surface area contributed by atoms with Crippen molar-refractivity contribution in [2.24, 2.45) is 0 Å². The van der Waals surface area contributed by atoms with Gasteiger partial charge in [0.1, 0.15) is 11.8 Å². The van der Waals surface area contributed by atoms with E-state index in [1.54, 1.807) is 0 Å². The number of rotatable bonds is 0. The number of hydrogen-bond donors (Lipinski definition) is 0. The molecule has 0 aromatic heterocycles. The van der Waals surface area contributed by atoms with E-state index in [0.717, 1.165) is 16.9 Å². The lowest BCUT2D eigenvalue weighted by Crippen LogP contribution is -2.18. The predicted molar refractivity (Wildman–Crippen MR) is 50.1 cm³/mol. The quantitative estimate of drug-likeness (QED) is 0.600. The Hall–Kier alpha value is -1.75. The average Bonchev–Trinajstić information content (AvgIpc) is 2.17. The molecule has 0 fully saturated rings. The molecule has 0 saturated heterocycles. The number of fused-ring (bicyclic) bond motifs is 1. The minimum absolute atomic E-state index is 0.421. The van der Waals surface area contributed by atoms with Crippen molar-refractivity contribution in [1.29, 1.82) is 5.26 Å². The number of nitrogens with zero attached hydrogens (tertiary/aromatic N) is 1. The minimum Gasteiger partial charge on any atom is -0.470 e. The maximum Gasteiger partial charge on any atom is 0.205 e. The van der Waals surface area contributed by atoms with E-state index in [0.29, 0.717) is 0 Å². The lowest BCUT2D eigenvalue weighted by molar-refractivity contribution is 0.286. The molecule has 13 heavy (non-hydrogen) atoms. The first-order valence-electron chi connectivity index (χ1n) is 4.15. The van der Waals surface area contributed by atoms with Crippen molar-refractivity contribution >= 4 is 6.08 Å². The maximum absolute atomic E-state index is 8.77. The fourth-order valence-corrected chi connectivity index (χ4v) is 1.38. The molecule has 2 heteroatoms. The Morgan fingerprint density at radius 2 is 2.15 bits per heavy atom. The van der Waals surface area contributed by atoms with Gasteiger partial charge in [-0.3, -0.25) is 0 Å². The second kappa shape index (κ2) is 2.95. The van der Waals surface area contributed by atoms with E-state index in [-0.39, 0.29) is 0 Å². The molecule has 1 heterocycles. The molecule has 1 atom stereocenters. The number of ether oxygens (including phenoxy) is 1. The summed E-state index contributed by atoms with van der Waals surface area (Å²) < 4.78 is 5.46. The molecule has 1 unspecified atom stereocenters. The van der Waals surface area contributed by atoms with Gasteiger partial charge in [-0.2, -0.15) is 5.26 Å². The zero-order chi connectivity index (χ0) is 9.26. The summed E-state index contributed by atoms with van der Waals surface area (Å²) in [6.07, 6.45) is 1.57. The third-order valence-corrected chi connectivity index (χ3v) is 2.08. The monoisotopic (exact) mass is 171 g/mol. The Morgan fingerprint density at radius 1 is 1.38 bits per heavy atom. The highest BCUT2D eigenvalue weighted by atomic mass is 16.5. The minimum atomic E-state index is -0.421. The Balaban J connectivity index is 2.48. The molecule has 0 radical (unpaired) electrons. The second-order valence-corrected chi connectivity index (χ2v) is 3.05. The molecular formula is C11H9NO. The van der Waals surface area contributed by atoms with Crippen LogP contribution in [0.3, 0.4) is 0 Å². The van der Waals surface area contributed by atoms with Gasteiger partial charge in [-0.25, -0.2) is 0 Å². The van der Waals surface area contributed by atoms with Gasteiger partial charge in [-0.15, -0.1) is 0 Å². The normalized spacial score (nSPS) is 19.4. The Labute approximate surface area is 77.1 Å². The van der Waals surface area contributed by atoms with Crippen LogP contribution in [0.5, 0.6) is 5.75 Å². The van der Waals surface area contributed by atoms with Crippen molar-refractivity contribution in [3.05, 3.63) is 35.4 Å². The molecule has 64 valence electrons. The second-order valence-electron chi connectivity index (χ2n) is 3.05. The molecular weight excluding hydrogens is 162 g/mol. The summed E-state index contributed by atoms with van der Waals surface area (Å²) in [6, 6.07) is 9.82. The number of para-hydroxylation sites is 1. The van der Waals surface area contributed by atoms with Crippen LogP contribution in [0.2, 0.25) is 0 Å². The number of benzene rings is 1. The van der Waals surface area contributed by atoms with Crippen molar-refractivity contribution in [2.45, 2.75) is 13.0 Å². The topological polar surface area (TPSA) is 33.0 Å². The molecule has 0 N–H and O–H groups in total. The predicted octanol–water partition coefficient (Wildman–Crippen LogP) is 2.37. The third-order valence-electron chi connectivity index (χ3n) is 2.08. The van der Waals surface area contributed by atoms with Crippen LogP contribution in [-0.2, 0) is 0 Å². The van der Waals surface area contributed by atoms with Crippen LogP contribution >= 0.6 is 0 Å². The smallest absolute Gasteiger partial charge is 0.205 e. The largest absolute Gasteiger partial charge is 0.470 e. The highest BCUT2D eigenvalue weighted by Crippen LogP contribution is 2.28. The van der Waals surface area contributed by atoms with Crippen LogP contribution in [0.1, 0.15) is 12.5 Å². The molecule has 0 bridgehead atoms. The van der Waals surface area contributed by atoms with Crippen LogP contribution in [0.4, 0.5) is 0 Å². The molecule has 1 aliphatic rings. The van der Waals surface area contributed by atoms with Gasteiger partial charge in [-0.1, -0.05) is 18.2 Å². The SMILES string of the molecule is CC1=Cc2ccccc2OC1C#N. The van der Waals surface area contributed by atoms with E-state index >= 15 is 0 Å². The van der Waals surface area contributed by atoms with Crippen LogP contribution in [0.25, 0.3) is 6.08 Å². The van der Waals surface area contributed by atoms with Gasteiger partial charge < -0.3 is 4.74 Å². The first-order valence-corrected chi connectivity index (χ1v) is 4.15. The van der Waals surface area contributed by atoms with Crippen molar-refractivity contribution < 1.29 is 4.74 Å². The third kappa shape index (κ3) is 1.29. The molecule has 2 rings (SSSR count).